The Kier molecular flexibility index (Phi) is 11.2. The molecule has 0 radical (unpaired) electrons. The van der Waals surface area contributed by atoms with Crippen molar-refractivity contribution in [1.82, 2.24) is 19.5 Å². The third-order valence-corrected chi connectivity index (χ3v) is 14.5. The standard InChI is InChI=1S/C61H35F9N4S/c1-34-25-40(27-42(26-34)59(62,63)64)37-19-22-50-47(30-37)48-31-38(41-28-43(60(65,66)67)33-44(29-41)61(68,69)70)20-23-51(48)74(50)52-24-21-39(45-16-10-18-54-55(45)46-15-8-9-17-53(46)75-54)32-49(52)58-72-56(35-11-4-2-5-12-35)71-57(73-58)36-13-6-3-7-14-36/h2-33H,1H3. The molecule has 0 fully saturated rings. The average Bonchev–Trinajstić information content (AvgIpc) is 3.95. The average molecular weight is 1030 g/mol. The maximum absolute atomic E-state index is 14.3. The lowest BCUT2D eigenvalue weighted by molar-refractivity contribution is -0.143. The van der Waals surface area contributed by atoms with E-state index >= 15 is 0 Å². The second-order valence-electron chi connectivity index (χ2n) is 18.2. The van der Waals surface area contributed by atoms with Crippen molar-refractivity contribution in [2.45, 2.75) is 25.5 Å². The van der Waals surface area contributed by atoms with E-state index in [0.29, 0.717) is 68.0 Å². The molecule has 0 atom stereocenters. The van der Waals surface area contributed by atoms with Crippen LogP contribution < -0.4 is 0 Å². The van der Waals surface area contributed by atoms with Crippen molar-refractivity contribution in [3.63, 3.8) is 0 Å². The van der Waals surface area contributed by atoms with Gasteiger partial charge in [-0.2, -0.15) is 39.5 Å². The molecule has 0 N–H and O–H groups in total. The number of alkyl halides is 9. The van der Waals surface area contributed by atoms with E-state index < -0.39 is 35.2 Å². The summed E-state index contributed by atoms with van der Waals surface area (Å²) in [4.78, 5) is 15.3. The second kappa shape index (κ2) is 17.8. The molecular weight excluding hydrogens is 992 g/mol. The summed E-state index contributed by atoms with van der Waals surface area (Å²) >= 11 is 1.68. The van der Waals surface area contributed by atoms with Gasteiger partial charge >= 0.3 is 18.5 Å². The molecule has 4 nitrogen and oxygen atoms in total. The van der Waals surface area contributed by atoms with Crippen molar-refractivity contribution in [1.29, 1.82) is 0 Å². The number of aromatic nitrogens is 4. The second-order valence-corrected chi connectivity index (χ2v) is 19.3. The van der Waals surface area contributed by atoms with Crippen molar-refractivity contribution in [2.75, 3.05) is 0 Å². The first-order chi connectivity index (χ1) is 35.9. The van der Waals surface area contributed by atoms with Gasteiger partial charge in [-0.3, -0.25) is 0 Å². The fourth-order valence-corrected chi connectivity index (χ4v) is 11.0. The minimum Gasteiger partial charge on any atom is -0.308 e. The first-order valence-corrected chi connectivity index (χ1v) is 24.3. The Morgan fingerprint density at radius 3 is 1.43 bits per heavy atom. The van der Waals surface area contributed by atoms with Gasteiger partial charge in [0, 0.05) is 47.6 Å². The summed E-state index contributed by atoms with van der Waals surface area (Å²) in [5, 5.41) is 2.98. The van der Waals surface area contributed by atoms with Crippen LogP contribution in [0.5, 0.6) is 0 Å². The Bertz CT molecular complexity index is 4120. The first-order valence-electron chi connectivity index (χ1n) is 23.4. The molecule has 0 aliphatic rings. The zero-order valence-corrected chi connectivity index (χ0v) is 39.9. The predicted octanol–water partition coefficient (Wildman–Crippen LogP) is 18.7. The van der Waals surface area contributed by atoms with Gasteiger partial charge in [0.25, 0.3) is 0 Å². The number of nitrogens with zero attached hydrogens (tertiary/aromatic N) is 4. The zero-order valence-electron chi connectivity index (χ0n) is 39.1. The fraction of sp³-hybridized carbons (Fsp3) is 0.0656. The van der Waals surface area contributed by atoms with Crippen LogP contribution >= 0.6 is 11.3 Å². The van der Waals surface area contributed by atoms with E-state index in [9.17, 15) is 39.5 Å². The van der Waals surface area contributed by atoms with Crippen molar-refractivity contribution >= 4 is 53.3 Å². The third kappa shape index (κ3) is 8.74. The van der Waals surface area contributed by atoms with E-state index in [2.05, 4.69) is 24.3 Å². The third-order valence-electron chi connectivity index (χ3n) is 13.3. The van der Waals surface area contributed by atoms with Crippen molar-refractivity contribution in [3.8, 4) is 73.2 Å². The SMILES string of the molecule is Cc1cc(-c2ccc3c(c2)c2cc(-c4cc(C(F)(F)F)cc(C(F)(F)F)c4)ccc2n3-c2ccc(-c3cccc4sc5ccccc5c34)cc2-c2nc(-c3ccccc3)nc(-c3ccccc3)n2)cc(C(F)(F)F)c1. The van der Waals surface area contributed by atoms with Crippen molar-refractivity contribution in [2.24, 2.45) is 0 Å². The van der Waals surface area contributed by atoms with Crippen LogP contribution in [0.3, 0.4) is 0 Å². The highest BCUT2D eigenvalue weighted by Crippen LogP contribution is 2.46. The van der Waals surface area contributed by atoms with E-state index in [1.54, 1.807) is 48.6 Å². The number of benzene rings is 9. The monoisotopic (exact) mass is 1030 g/mol. The Hall–Kier alpha value is -8.62. The molecule has 0 unspecified atom stereocenters. The minimum atomic E-state index is -5.10. The molecule has 12 rings (SSSR count). The lowest BCUT2D eigenvalue weighted by atomic mass is 9.96. The van der Waals surface area contributed by atoms with Gasteiger partial charge in [-0.05, 0) is 125 Å². The Morgan fingerprint density at radius 2 is 0.853 bits per heavy atom. The van der Waals surface area contributed by atoms with E-state index in [1.807, 2.05) is 102 Å². The van der Waals surface area contributed by atoms with E-state index in [-0.39, 0.29) is 28.6 Å². The summed E-state index contributed by atoms with van der Waals surface area (Å²) in [5.41, 5.74) is 2.17. The van der Waals surface area contributed by atoms with Crippen LogP contribution in [-0.2, 0) is 18.5 Å². The molecule has 0 saturated carbocycles. The van der Waals surface area contributed by atoms with Crippen LogP contribution in [0.4, 0.5) is 39.5 Å². The van der Waals surface area contributed by atoms with Gasteiger partial charge in [0.1, 0.15) is 0 Å². The lowest BCUT2D eigenvalue weighted by Crippen LogP contribution is -2.11. The highest BCUT2D eigenvalue weighted by molar-refractivity contribution is 7.25. The molecule has 0 amide bonds. The number of fused-ring (bicyclic) bond motifs is 6. The summed E-state index contributed by atoms with van der Waals surface area (Å²) in [6.45, 7) is 1.56. The van der Waals surface area contributed by atoms with Crippen molar-refractivity contribution in [3.05, 3.63) is 216 Å². The van der Waals surface area contributed by atoms with Gasteiger partial charge in [-0.1, -0.05) is 115 Å². The molecule has 368 valence electrons. The van der Waals surface area contributed by atoms with Crippen LogP contribution in [0.2, 0.25) is 0 Å². The number of halogens is 9. The van der Waals surface area contributed by atoms with Crippen molar-refractivity contribution < 1.29 is 39.5 Å². The van der Waals surface area contributed by atoms with E-state index in [1.165, 1.54) is 12.1 Å². The number of rotatable bonds is 7. The van der Waals surface area contributed by atoms with Gasteiger partial charge < -0.3 is 4.57 Å². The topological polar surface area (TPSA) is 43.6 Å². The molecule has 0 aliphatic heterocycles. The summed E-state index contributed by atoms with van der Waals surface area (Å²) in [5.74, 6) is 1.05. The van der Waals surface area contributed by atoms with Crippen LogP contribution in [0, 0.1) is 6.92 Å². The van der Waals surface area contributed by atoms with Gasteiger partial charge in [0.2, 0.25) is 0 Å². The quantitative estimate of drug-likeness (QED) is 0.149. The maximum atomic E-state index is 14.3. The molecule has 3 heterocycles. The van der Waals surface area contributed by atoms with Crippen LogP contribution in [-0.4, -0.2) is 19.5 Å². The van der Waals surface area contributed by atoms with Crippen LogP contribution in [0.1, 0.15) is 22.3 Å². The Balaban J connectivity index is 1.17. The number of aryl methyl sites for hydroxylation is 1. The predicted molar refractivity (Wildman–Crippen MR) is 279 cm³/mol. The van der Waals surface area contributed by atoms with E-state index in [4.69, 9.17) is 15.0 Å². The maximum Gasteiger partial charge on any atom is 0.416 e. The Morgan fingerprint density at radius 1 is 0.360 bits per heavy atom. The molecule has 0 saturated heterocycles. The molecular formula is C61H35F9N4S. The smallest absolute Gasteiger partial charge is 0.308 e. The summed E-state index contributed by atoms with van der Waals surface area (Å²) in [7, 11) is 0. The zero-order chi connectivity index (χ0) is 52.0. The number of hydrogen-bond acceptors (Lipinski definition) is 4. The van der Waals surface area contributed by atoms with E-state index in [0.717, 1.165) is 54.6 Å². The Labute approximate surface area is 425 Å². The fourth-order valence-electron chi connectivity index (χ4n) is 9.90. The summed E-state index contributed by atoms with van der Waals surface area (Å²) in [6, 6.07) is 53.9. The van der Waals surface area contributed by atoms with Gasteiger partial charge in [0.05, 0.1) is 33.4 Å². The summed E-state index contributed by atoms with van der Waals surface area (Å²) < 4.78 is 132. The van der Waals surface area contributed by atoms with Gasteiger partial charge in [0.15, 0.2) is 17.5 Å². The molecule has 9 aromatic carbocycles. The summed E-state index contributed by atoms with van der Waals surface area (Å²) in [6.07, 6.45) is -14.9. The molecule has 3 aromatic heterocycles. The minimum absolute atomic E-state index is 0.0441. The lowest BCUT2D eigenvalue weighted by Gasteiger charge is -2.17. The molecule has 12 aromatic rings. The number of thiophene rings is 1. The molecule has 14 heteroatoms. The van der Waals surface area contributed by atoms with Crippen LogP contribution in [0.15, 0.2) is 194 Å². The highest BCUT2D eigenvalue weighted by atomic mass is 32.1. The molecule has 0 spiro atoms. The van der Waals surface area contributed by atoms with Gasteiger partial charge in [-0.15, -0.1) is 11.3 Å². The molecule has 75 heavy (non-hydrogen) atoms. The first kappa shape index (κ1) is 47.4. The largest absolute Gasteiger partial charge is 0.416 e. The number of hydrogen-bond donors (Lipinski definition) is 0. The van der Waals surface area contributed by atoms with Gasteiger partial charge in [-0.25, -0.2) is 15.0 Å². The van der Waals surface area contributed by atoms with Crippen LogP contribution in [0.25, 0.3) is 115 Å². The highest BCUT2D eigenvalue weighted by Gasteiger charge is 2.37. The normalized spacial score (nSPS) is 12.4. The molecule has 0 bridgehead atoms. The molecule has 0 aliphatic carbocycles.